The third-order valence-electron chi connectivity index (χ3n) is 10.1. The van der Waals surface area contributed by atoms with Gasteiger partial charge in [-0.15, -0.1) is 11.3 Å². The second kappa shape index (κ2) is 12.6. The zero-order valence-electron chi connectivity index (χ0n) is 26.9. The number of thiophene rings is 1. The van der Waals surface area contributed by atoms with Crippen molar-refractivity contribution in [3.05, 3.63) is 102 Å². The fourth-order valence-corrected chi connectivity index (χ4v) is 8.08. The van der Waals surface area contributed by atoms with Crippen molar-refractivity contribution < 1.29 is 27.9 Å². The molecule has 1 saturated carbocycles. The van der Waals surface area contributed by atoms with E-state index in [-0.39, 0.29) is 41.9 Å². The molecule has 0 spiro atoms. The van der Waals surface area contributed by atoms with Crippen LogP contribution in [0.2, 0.25) is 0 Å². The number of benzene rings is 3. The number of nitrogens with zero attached hydrogens (tertiary/aromatic N) is 3. The summed E-state index contributed by atoms with van der Waals surface area (Å²) in [6.07, 6.45) is 4.40. The van der Waals surface area contributed by atoms with Crippen LogP contribution < -0.4 is 20.7 Å². The van der Waals surface area contributed by atoms with Gasteiger partial charge >= 0.3 is 0 Å². The molecule has 1 unspecified atom stereocenters. The predicted molar refractivity (Wildman–Crippen MR) is 186 cm³/mol. The zero-order valence-corrected chi connectivity index (χ0v) is 27.7. The van der Waals surface area contributed by atoms with E-state index in [9.17, 15) is 18.8 Å². The van der Waals surface area contributed by atoms with Crippen LogP contribution in [0.1, 0.15) is 36.0 Å². The molecular formula is C38H33F2N5O4S. The van der Waals surface area contributed by atoms with Crippen molar-refractivity contribution in [3.63, 3.8) is 0 Å². The molecule has 3 saturated heterocycles. The van der Waals surface area contributed by atoms with E-state index in [0.717, 1.165) is 49.0 Å². The molecule has 9 rings (SSSR count). The number of pyridine rings is 1. The smallest absolute Gasteiger partial charge is 0.251 e. The maximum Gasteiger partial charge on any atom is 0.251 e. The summed E-state index contributed by atoms with van der Waals surface area (Å²) in [5.41, 5.74) is 6.76. The normalized spacial score (nSPS) is 20.3. The minimum atomic E-state index is -1.39. The third-order valence-corrected chi connectivity index (χ3v) is 11.3. The number of nitrogens with two attached hydrogens (primary N) is 1. The summed E-state index contributed by atoms with van der Waals surface area (Å²) in [6.45, 7) is 3.14. The number of hydrogen-bond acceptors (Lipinski definition) is 7. The molecule has 254 valence electrons. The lowest BCUT2D eigenvalue weighted by Crippen LogP contribution is -2.57. The van der Waals surface area contributed by atoms with Crippen LogP contribution in [0.3, 0.4) is 0 Å². The summed E-state index contributed by atoms with van der Waals surface area (Å²) in [5, 5.41) is 3.23. The first-order valence-electron chi connectivity index (χ1n) is 16.6. The van der Waals surface area contributed by atoms with Gasteiger partial charge in [-0.3, -0.25) is 24.3 Å². The topological polar surface area (TPSA) is 118 Å². The highest BCUT2D eigenvalue weighted by Gasteiger charge is 2.57. The van der Waals surface area contributed by atoms with Crippen LogP contribution in [0.15, 0.2) is 85.1 Å². The monoisotopic (exact) mass is 693 g/mol. The van der Waals surface area contributed by atoms with Crippen LogP contribution in [0.5, 0.6) is 11.5 Å². The second-order valence-corrected chi connectivity index (χ2v) is 14.3. The second-order valence-electron chi connectivity index (χ2n) is 13.2. The molecule has 9 nitrogen and oxygen atoms in total. The molecule has 12 heteroatoms. The summed E-state index contributed by atoms with van der Waals surface area (Å²) in [7, 11) is 0. The molecule has 5 aromatic rings. The Kier molecular flexibility index (Phi) is 8.07. The number of amides is 3. The molecule has 1 aliphatic carbocycles. The molecular weight excluding hydrogens is 661 g/mol. The van der Waals surface area contributed by atoms with Gasteiger partial charge in [0.15, 0.2) is 11.6 Å². The first-order chi connectivity index (χ1) is 24.2. The van der Waals surface area contributed by atoms with Crippen molar-refractivity contribution in [1.29, 1.82) is 0 Å². The van der Waals surface area contributed by atoms with Crippen molar-refractivity contribution in [2.45, 2.75) is 31.7 Å². The minimum absolute atomic E-state index is 0.0675. The first kappa shape index (κ1) is 32.0. The van der Waals surface area contributed by atoms with Gasteiger partial charge in [-0.25, -0.2) is 8.78 Å². The van der Waals surface area contributed by atoms with Crippen LogP contribution in [-0.2, 0) is 9.59 Å². The van der Waals surface area contributed by atoms with Crippen LogP contribution in [0.25, 0.3) is 20.7 Å². The lowest BCUT2D eigenvalue weighted by molar-refractivity contribution is -0.133. The molecule has 3 aliphatic heterocycles. The largest absolute Gasteiger partial charge is 0.453 e. The van der Waals surface area contributed by atoms with E-state index in [1.165, 1.54) is 52.6 Å². The number of piperidine rings is 3. The van der Waals surface area contributed by atoms with Crippen molar-refractivity contribution >= 4 is 50.6 Å². The Morgan fingerprint density at radius 1 is 0.920 bits per heavy atom. The highest BCUT2D eigenvalue weighted by molar-refractivity contribution is 7.22. The van der Waals surface area contributed by atoms with Crippen molar-refractivity contribution in [3.8, 4) is 21.9 Å². The number of halogens is 2. The van der Waals surface area contributed by atoms with Crippen molar-refractivity contribution in [2.75, 3.05) is 24.5 Å². The summed E-state index contributed by atoms with van der Waals surface area (Å²) in [5.74, 6) is -1.84. The lowest BCUT2D eigenvalue weighted by Gasteiger charge is -2.44. The standard InChI is InChI=1S/C38H33F2N5O4S/c39-25-5-7-26(8-6-25)45(37(48)38(14-15-38)36(41)47)27-9-10-31(28(40)19-27)49-32-11-16-42-29-20-33(50-34(29)32)23-1-3-24(4-2-23)35(46)43-30-21-44-17-12-22(30)13-18-44/h1-11,16,19-20,22,30H,12-15,17-18,21H2,(H2,41,47)(H,43,46). The molecule has 4 aliphatic rings. The number of ether oxygens (including phenoxy) is 1. The lowest BCUT2D eigenvalue weighted by atomic mass is 9.84. The molecule has 3 N–H and O–H groups in total. The quantitative estimate of drug-likeness (QED) is 0.164. The Morgan fingerprint density at radius 3 is 2.28 bits per heavy atom. The minimum Gasteiger partial charge on any atom is -0.453 e. The number of nitrogens with one attached hydrogen (secondary N) is 1. The van der Waals surface area contributed by atoms with Gasteiger partial charge in [0.2, 0.25) is 11.8 Å². The molecule has 0 radical (unpaired) electrons. The van der Waals surface area contributed by atoms with Crippen molar-refractivity contribution in [2.24, 2.45) is 17.1 Å². The van der Waals surface area contributed by atoms with Gasteiger partial charge in [-0.2, -0.15) is 0 Å². The highest BCUT2D eigenvalue weighted by atomic mass is 32.1. The number of primary amides is 1. The molecule has 1 atom stereocenters. The van der Waals surface area contributed by atoms with Gasteiger partial charge in [0.25, 0.3) is 5.91 Å². The predicted octanol–water partition coefficient (Wildman–Crippen LogP) is 6.79. The zero-order chi connectivity index (χ0) is 34.6. The van der Waals surface area contributed by atoms with Crippen LogP contribution >= 0.6 is 11.3 Å². The molecule has 2 bridgehead atoms. The summed E-state index contributed by atoms with van der Waals surface area (Å²) in [6, 6.07) is 20.4. The van der Waals surface area contributed by atoms with E-state index in [4.69, 9.17) is 10.5 Å². The van der Waals surface area contributed by atoms with E-state index in [0.29, 0.717) is 27.4 Å². The number of hydrogen-bond donors (Lipinski definition) is 2. The maximum absolute atomic E-state index is 15.7. The van der Waals surface area contributed by atoms with E-state index >= 15 is 4.39 Å². The van der Waals surface area contributed by atoms with Crippen LogP contribution in [0, 0.1) is 23.0 Å². The fourth-order valence-electron chi connectivity index (χ4n) is 7.01. The van der Waals surface area contributed by atoms with Gasteiger partial charge in [0, 0.05) is 47.0 Å². The van der Waals surface area contributed by atoms with Gasteiger partial charge in [-0.1, -0.05) is 12.1 Å². The Morgan fingerprint density at radius 2 is 1.64 bits per heavy atom. The number of aromatic nitrogens is 1. The third kappa shape index (κ3) is 5.88. The Hall–Kier alpha value is -5.20. The average molecular weight is 694 g/mol. The van der Waals surface area contributed by atoms with Crippen molar-refractivity contribution in [1.82, 2.24) is 15.2 Å². The summed E-state index contributed by atoms with van der Waals surface area (Å²) in [4.78, 5) is 47.8. The molecule has 5 heterocycles. The average Bonchev–Trinajstić information content (AvgIpc) is 3.83. The Labute approximate surface area is 290 Å². The summed E-state index contributed by atoms with van der Waals surface area (Å²) >= 11 is 1.43. The number of fused-ring (bicyclic) bond motifs is 4. The molecule has 3 aromatic carbocycles. The van der Waals surface area contributed by atoms with Gasteiger partial charge in [0.1, 0.15) is 17.0 Å². The van der Waals surface area contributed by atoms with E-state index in [1.54, 1.807) is 12.3 Å². The van der Waals surface area contributed by atoms with Crippen LogP contribution in [-0.4, -0.2) is 53.3 Å². The van der Waals surface area contributed by atoms with Gasteiger partial charge in [-0.05, 0) is 105 Å². The Bertz CT molecular complexity index is 2130. The Balaban J connectivity index is 1.02. The van der Waals surface area contributed by atoms with E-state index in [1.807, 2.05) is 30.3 Å². The number of anilines is 2. The molecule has 50 heavy (non-hydrogen) atoms. The molecule has 3 amide bonds. The van der Waals surface area contributed by atoms with Crippen LogP contribution in [0.4, 0.5) is 20.2 Å². The fraction of sp³-hybridized carbons (Fsp3) is 0.263. The summed E-state index contributed by atoms with van der Waals surface area (Å²) < 4.78 is 36.2. The van der Waals surface area contributed by atoms with Gasteiger partial charge < -0.3 is 20.7 Å². The number of carbonyl (C=O) groups is 3. The highest BCUT2D eigenvalue weighted by Crippen LogP contribution is 2.49. The molecule has 4 fully saturated rings. The number of rotatable bonds is 9. The first-order valence-corrected chi connectivity index (χ1v) is 17.4. The van der Waals surface area contributed by atoms with Gasteiger partial charge in [0.05, 0.1) is 15.9 Å². The van der Waals surface area contributed by atoms with E-state index < -0.39 is 28.9 Å². The number of carbonyl (C=O) groups excluding carboxylic acids is 3. The van der Waals surface area contributed by atoms with E-state index in [2.05, 4.69) is 15.2 Å². The SMILES string of the molecule is NC(=O)C1(C(=O)N(c2ccc(F)cc2)c2ccc(Oc3ccnc4cc(-c5ccc(C(=O)NC6CN7CCC6CC7)cc5)sc34)c(F)c2)CC1. The molecule has 2 aromatic heterocycles. The maximum atomic E-state index is 15.7.